The van der Waals surface area contributed by atoms with E-state index in [0.29, 0.717) is 12.0 Å². The van der Waals surface area contributed by atoms with Crippen molar-refractivity contribution in [3.8, 4) is 11.3 Å². The lowest BCUT2D eigenvalue weighted by Crippen LogP contribution is -2.29. The van der Waals surface area contributed by atoms with E-state index in [0.717, 1.165) is 10.5 Å². The Bertz CT molecular complexity index is 806. The molecule has 0 atom stereocenters. The Morgan fingerprint density at radius 1 is 1.25 bits per heavy atom. The minimum atomic E-state index is -4.63. The number of hydrogen-bond acceptors (Lipinski definition) is 4. The van der Waals surface area contributed by atoms with Gasteiger partial charge in [-0.05, 0) is 18.4 Å². The first kappa shape index (κ1) is 16.2. The van der Waals surface area contributed by atoms with Crippen molar-refractivity contribution in [1.29, 1.82) is 0 Å². The molecule has 0 saturated carbocycles. The zero-order valence-corrected chi connectivity index (χ0v) is 12.8. The van der Waals surface area contributed by atoms with Crippen LogP contribution < -0.4 is 4.90 Å². The lowest BCUT2D eigenvalue weighted by atomic mass is 9.88. The smallest absolute Gasteiger partial charge is 0.433 e. The highest BCUT2D eigenvalue weighted by Crippen LogP contribution is 2.40. The van der Waals surface area contributed by atoms with Crippen molar-refractivity contribution in [3.05, 3.63) is 41.1 Å². The maximum absolute atomic E-state index is 13.4. The Hall–Kier alpha value is -2.64. The van der Waals surface area contributed by atoms with Gasteiger partial charge in [-0.15, -0.1) is 0 Å². The summed E-state index contributed by atoms with van der Waals surface area (Å²) in [4.78, 5) is 19.8. The summed E-state index contributed by atoms with van der Waals surface area (Å²) in [6, 6.07) is 7.15. The quantitative estimate of drug-likeness (QED) is 0.933. The zero-order chi connectivity index (χ0) is 17.5. The van der Waals surface area contributed by atoms with Crippen LogP contribution >= 0.6 is 0 Å². The molecule has 1 aliphatic rings. The number of carboxylic acid groups (broad SMARTS) is 1. The summed E-state index contributed by atoms with van der Waals surface area (Å²) in [7, 11) is 1.35. The number of fused-ring (bicyclic) bond motifs is 3. The van der Waals surface area contributed by atoms with Gasteiger partial charge in [-0.1, -0.05) is 24.3 Å². The molecule has 3 rings (SSSR count). The van der Waals surface area contributed by atoms with Gasteiger partial charge in [0.15, 0.2) is 5.69 Å². The van der Waals surface area contributed by atoms with Crippen molar-refractivity contribution in [3.63, 3.8) is 0 Å². The molecular formula is C16H14F3N3O2. The van der Waals surface area contributed by atoms with Crippen molar-refractivity contribution in [1.82, 2.24) is 9.97 Å². The molecule has 0 bridgehead atoms. The number of aromatic nitrogens is 2. The van der Waals surface area contributed by atoms with Crippen molar-refractivity contribution < 1.29 is 23.1 Å². The van der Waals surface area contributed by atoms with E-state index >= 15 is 0 Å². The topological polar surface area (TPSA) is 66.3 Å². The standard InChI is InChI=1S/C16H14F3N3O2/c1-22(8-12(23)24)15-20-13-10-5-3-2-4-9(10)6-7-11(13)14(21-15)16(17,18)19/h2-5H,6-8H2,1H3,(H,23,24). The number of aryl methyl sites for hydroxylation is 1. The number of alkyl halides is 3. The van der Waals surface area contributed by atoms with Gasteiger partial charge >= 0.3 is 12.1 Å². The average Bonchev–Trinajstić information content (AvgIpc) is 2.52. The number of nitrogens with zero attached hydrogens (tertiary/aromatic N) is 3. The summed E-state index contributed by atoms with van der Waals surface area (Å²) in [5.74, 6) is -1.42. The number of aliphatic carboxylic acids is 1. The molecule has 0 fully saturated rings. The first-order chi connectivity index (χ1) is 11.3. The fourth-order valence-corrected chi connectivity index (χ4v) is 2.84. The molecule has 0 spiro atoms. The second kappa shape index (κ2) is 5.77. The minimum absolute atomic E-state index is 0.0636. The first-order valence-electron chi connectivity index (χ1n) is 7.26. The van der Waals surface area contributed by atoms with E-state index in [9.17, 15) is 18.0 Å². The van der Waals surface area contributed by atoms with E-state index < -0.39 is 24.4 Å². The predicted octanol–water partition coefficient (Wildman–Crippen LogP) is 2.78. The third-order valence-electron chi connectivity index (χ3n) is 3.89. The van der Waals surface area contributed by atoms with E-state index in [1.54, 1.807) is 12.1 Å². The molecule has 0 aliphatic heterocycles. The Morgan fingerprint density at radius 2 is 1.96 bits per heavy atom. The number of carbonyl (C=O) groups is 1. The molecule has 1 heterocycles. The number of rotatable bonds is 3. The summed E-state index contributed by atoms with van der Waals surface area (Å²) in [5, 5.41) is 8.85. The van der Waals surface area contributed by atoms with Crippen molar-refractivity contribution in [2.75, 3.05) is 18.5 Å². The molecule has 24 heavy (non-hydrogen) atoms. The number of likely N-dealkylation sites (N-methyl/N-ethyl adjacent to an activating group) is 1. The van der Waals surface area contributed by atoms with Gasteiger partial charge in [-0.2, -0.15) is 13.2 Å². The molecule has 1 N–H and O–H groups in total. The number of carboxylic acids is 1. The van der Waals surface area contributed by atoms with Crippen molar-refractivity contribution in [2.24, 2.45) is 0 Å². The second-order valence-electron chi connectivity index (χ2n) is 5.60. The molecule has 1 aliphatic carbocycles. The fourth-order valence-electron chi connectivity index (χ4n) is 2.84. The molecule has 0 amide bonds. The summed E-state index contributed by atoms with van der Waals surface area (Å²) in [5.41, 5.74) is 0.856. The molecule has 126 valence electrons. The maximum Gasteiger partial charge on any atom is 0.433 e. The lowest BCUT2D eigenvalue weighted by Gasteiger charge is -2.24. The van der Waals surface area contributed by atoms with Crippen LogP contribution in [0.5, 0.6) is 0 Å². The highest BCUT2D eigenvalue weighted by molar-refractivity contribution is 5.74. The Morgan fingerprint density at radius 3 is 2.62 bits per heavy atom. The molecule has 0 unspecified atom stereocenters. The van der Waals surface area contributed by atoms with Gasteiger partial charge in [0.2, 0.25) is 5.95 Å². The van der Waals surface area contributed by atoms with Crippen LogP contribution in [0.15, 0.2) is 24.3 Å². The third-order valence-corrected chi connectivity index (χ3v) is 3.89. The highest BCUT2D eigenvalue weighted by atomic mass is 19.4. The maximum atomic E-state index is 13.4. The van der Waals surface area contributed by atoms with Crippen LogP contribution in [0.4, 0.5) is 19.1 Å². The molecule has 0 saturated heterocycles. The molecule has 5 nitrogen and oxygen atoms in total. The second-order valence-corrected chi connectivity index (χ2v) is 5.60. The summed E-state index contributed by atoms with van der Waals surface area (Å²) >= 11 is 0. The van der Waals surface area contributed by atoms with E-state index in [2.05, 4.69) is 9.97 Å². The monoisotopic (exact) mass is 337 g/mol. The van der Waals surface area contributed by atoms with Gasteiger partial charge in [0.25, 0.3) is 0 Å². The molecule has 0 radical (unpaired) electrons. The van der Waals surface area contributed by atoms with Crippen LogP contribution in [-0.2, 0) is 23.8 Å². The third kappa shape index (κ3) is 2.91. The van der Waals surface area contributed by atoms with Gasteiger partial charge in [-0.25, -0.2) is 9.97 Å². The van der Waals surface area contributed by atoms with Gasteiger partial charge in [0.1, 0.15) is 6.54 Å². The van der Waals surface area contributed by atoms with Crippen LogP contribution in [0.25, 0.3) is 11.3 Å². The van der Waals surface area contributed by atoms with Gasteiger partial charge in [0, 0.05) is 18.2 Å². The van der Waals surface area contributed by atoms with Gasteiger partial charge in [0.05, 0.1) is 5.69 Å². The van der Waals surface area contributed by atoms with Gasteiger partial charge < -0.3 is 10.0 Å². The van der Waals surface area contributed by atoms with Crippen molar-refractivity contribution in [2.45, 2.75) is 19.0 Å². The van der Waals surface area contributed by atoms with Crippen molar-refractivity contribution >= 4 is 11.9 Å². The van der Waals surface area contributed by atoms with E-state index in [1.807, 2.05) is 12.1 Å². The zero-order valence-electron chi connectivity index (χ0n) is 12.8. The number of benzene rings is 1. The van der Waals surface area contributed by atoms with Gasteiger partial charge in [-0.3, -0.25) is 4.79 Å². The first-order valence-corrected chi connectivity index (χ1v) is 7.26. The van der Waals surface area contributed by atoms with E-state index in [-0.39, 0.29) is 23.6 Å². The minimum Gasteiger partial charge on any atom is -0.480 e. The summed E-state index contributed by atoms with van der Waals surface area (Å²) in [6.45, 7) is -0.488. The number of hydrogen-bond donors (Lipinski definition) is 1. The fraction of sp³-hybridized carbons (Fsp3) is 0.312. The average molecular weight is 337 g/mol. The SMILES string of the molecule is CN(CC(=O)O)c1nc2c(c(C(F)(F)F)n1)CCc1ccccc1-2. The van der Waals surface area contributed by atoms with Crippen LogP contribution in [0.3, 0.4) is 0 Å². The Balaban J connectivity index is 2.21. The van der Waals surface area contributed by atoms with Crippen LogP contribution in [0.2, 0.25) is 0 Å². The molecule has 2 aromatic rings. The Kier molecular flexibility index (Phi) is 3.90. The largest absolute Gasteiger partial charge is 0.480 e. The normalized spacial score (nSPS) is 13.2. The lowest BCUT2D eigenvalue weighted by molar-refractivity contribution is -0.141. The van der Waals surface area contributed by atoms with E-state index in [1.165, 1.54) is 7.05 Å². The van der Waals surface area contributed by atoms with Crippen LogP contribution in [-0.4, -0.2) is 34.6 Å². The summed E-state index contributed by atoms with van der Waals surface area (Å²) in [6.07, 6.45) is -3.94. The number of anilines is 1. The predicted molar refractivity (Wildman–Crippen MR) is 80.8 cm³/mol. The van der Waals surface area contributed by atoms with E-state index in [4.69, 9.17) is 5.11 Å². The summed E-state index contributed by atoms with van der Waals surface area (Å²) < 4.78 is 40.3. The molecule has 8 heteroatoms. The highest BCUT2D eigenvalue weighted by Gasteiger charge is 2.39. The Labute approximate surface area is 135 Å². The number of halogens is 3. The van der Waals surface area contributed by atoms with Crippen LogP contribution in [0, 0.1) is 0 Å². The molecule has 1 aromatic heterocycles. The molecule has 1 aromatic carbocycles. The van der Waals surface area contributed by atoms with Crippen LogP contribution in [0.1, 0.15) is 16.8 Å². The molecular weight excluding hydrogens is 323 g/mol.